The van der Waals surface area contributed by atoms with Gasteiger partial charge in [-0.15, -0.1) is 11.3 Å². The smallest absolute Gasteiger partial charge is 0.257 e. The Hall–Kier alpha value is -1.75. The predicted molar refractivity (Wildman–Crippen MR) is 126 cm³/mol. The molecule has 152 valence electrons. The Morgan fingerprint density at radius 3 is 2.69 bits per heavy atom. The van der Waals surface area contributed by atoms with Crippen LogP contribution in [0.15, 0.2) is 28.7 Å². The van der Waals surface area contributed by atoms with E-state index < -0.39 is 0 Å². The number of rotatable bonds is 4. The molecule has 1 heterocycles. The second-order valence-corrected chi connectivity index (χ2v) is 10.4. The lowest BCUT2D eigenvalue weighted by Gasteiger charge is -2.36. The molecule has 7 heteroatoms. The quantitative estimate of drug-likeness (QED) is 0.512. The summed E-state index contributed by atoms with van der Waals surface area (Å²) in [5.74, 6) is 0.335. The highest BCUT2D eigenvalue weighted by atomic mass is 79.9. The maximum Gasteiger partial charge on any atom is 0.257 e. The van der Waals surface area contributed by atoms with Gasteiger partial charge in [-0.1, -0.05) is 43.1 Å². The SMILES string of the molecule is CCC(C)(C)[C@@H]1CCc2c(sc(NC(=S)NC(=O)c3ccc(Br)cc3)c2C#N)C1. The minimum absolute atomic E-state index is 0.207. The summed E-state index contributed by atoms with van der Waals surface area (Å²) < 4.78 is 0.905. The van der Waals surface area contributed by atoms with Crippen molar-refractivity contribution in [2.45, 2.75) is 46.5 Å². The van der Waals surface area contributed by atoms with Crippen LogP contribution in [0.2, 0.25) is 0 Å². The molecule has 0 fully saturated rings. The van der Waals surface area contributed by atoms with E-state index in [0.717, 1.165) is 40.7 Å². The van der Waals surface area contributed by atoms with Crippen molar-refractivity contribution in [1.29, 1.82) is 5.26 Å². The van der Waals surface area contributed by atoms with Gasteiger partial charge >= 0.3 is 0 Å². The number of carbonyl (C=O) groups excluding carboxylic acids is 1. The second kappa shape index (κ2) is 8.95. The molecule has 1 aromatic heterocycles. The van der Waals surface area contributed by atoms with Crippen molar-refractivity contribution >= 4 is 55.5 Å². The third kappa shape index (κ3) is 4.88. The van der Waals surface area contributed by atoms with Crippen LogP contribution in [0.5, 0.6) is 0 Å². The van der Waals surface area contributed by atoms with E-state index in [1.165, 1.54) is 4.88 Å². The molecule has 0 radical (unpaired) electrons. The summed E-state index contributed by atoms with van der Waals surface area (Å²) in [5, 5.41) is 16.4. The predicted octanol–water partition coefficient (Wildman–Crippen LogP) is 6.05. The summed E-state index contributed by atoms with van der Waals surface area (Å²) in [6, 6.07) is 9.40. The van der Waals surface area contributed by atoms with E-state index in [1.807, 2.05) is 0 Å². The highest BCUT2D eigenvalue weighted by molar-refractivity contribution is 9.10. The standard InChI is InChI=1S/C22H24BrN3OS2/c1-4-22(2,3)14-7-10-16-17(12-24)20(29-18(16)11-14)26-21(28)25-19(27)13-5-8-15(23)9-6-13/h5-6,8-9,14H,4,7,10-11H2,1-3H3,(H2,25,26,27,28)/t14-/m1/s1. The van der Waals surface area contributed by atoms with E-state index in [2.05, 4.69) is 53.4 Å². The topological polar surface area (TPSA) is 64.9 Å². The van der Waals surface area contributed by atoms with Crippen molar-refractivity contribution in [3.63, 3.8) is 0 Å². The Morgan fingerprint density at radius 1 is 1.38 bits per heavy atom. The first-order valence-corrected chi connectivity index (χ1v) is 11.7. The van der Waals surface area contributed by atoms with Crippen molar-refractivity contribution in [2.75, 3.05) is 5.32 Å². The average molecular weight is 490 g/mol. The lowest BCUT2D eigenvalue weighted by molar-refractivity contribution is 0.0977. The first-order chi connectivity index (χ1) is 13.7. The van der Waals surface area contributed by atoms with Crippen molar-refractivity contribution in [2.24, 2.45) is 11.3 Å². The number of halogens is 1. The Morgan fingerprint density at radius 2 is 2.07 bits per heavy atom. The molecule has 0 unspecified atom stereocenters. The average Bonchev–Trinajstić information content (AvgIpc) is 3.04. The number of carbonyl (C=O) groups is 1. The van der Waals surface area contributed by atoms with Crippen LogP contribution in [-0.2, 0) is 12.8 Å². The van der Waals surface area contributed by atoms with Crippen LogP contribution in [0.25, 0.3) is 0 Å². The highest BCUT2D eigenvalue weighted by Gasteiger charge is 2.34. The van der Waals surface area contributed by atoms with E-state index in [9.17, 15) is 10.1 Å². The minimum Gasteiger partial charge on any atom is -0.323 e. The molecule has 1 atom stereocenters. The zero-order valence-corrected chi connectivity index (χ0v) is 20.0. The Balaban J connectivity index is 1.73. The maximum absolute atomic E-state index is 12.4. The molecule has 1 amide bonds. The number of hydrogen-bond donors (Lipinski definition) is 2. The molecule has 0 saturated heterocycles. The minimum atomic E-state index is -0.278. The van der Waals surface area contributed by atoms with E-state index >= 15 is 0 Å². The molecular formula is C22H24BrN3OS2. The Bertz CT molecular complexity index is 973. The fourth-order valence-corrected chi connectivity index (χ4v) is 5.46. The lowest BCUT2D eigenvalue weighted by Crippen LogP contribution is -2.34. The number of thiocarbonyl (C=S) groups is 1. The number of fused-ring (bicyclic) bond motifs is 1. The normalized spacial score (nSPS) is 15.9. The van der Waals surface area contributed by atoms with Crippen LogP contribution in [-0.4, -0.2) is 11.0 Å². The number of nitriles is 1. The summed E-state index contributed by atoms with van der Waals surface area (Å²) in [6.45, 7) is 6.89. The number of hydrogen-bond acceptors (Lipinski definition) is 4. The molecule has 29 heavy (non-hydrogen) atoms. The molecular weight excluding hydrogens is 466 g/mol. The van der Waals surface area contributed by atoms with Gasteiger partial charge in [-0.05, 0) is 72.6 Å². The Labute approximate surface area is 189 Å². The molecule has 4 nitrogen and oxygen atoms in total. The van der Waals surface area contributed by atoms with Gasteiger partial charge in [0, 0.05) is 14.9 Å². The molecule has 1 aliphatic carbocycles. The van der Waals surface area contributed by atoms with Crippen LogP contribution in [0.3, 0.4) is 0 Å². The first kappa shape index (κ1) is 21.9. The van der Waals surface area contributed by atoms with E-state index in [-0.39, 0.29) is 16.4 Å². The lowest BCUT2D eigenvalue weighted by atomic mass is 9.69. The fraction of sp³-hybridized carbons (Fsp3) is 0.409. The van der Waals surface area contributed by atoms with Gasteiger partial charge in [0.15, 0.2) is 5.11 Å². The fourth-order valence-electron chi connectivity index (χ4n) is 3.66. The van der Waals surface area contributed by atoms with Crippen molar-refractivity contribution in [1.82, 2.24) is 5.32 Å². The number of thiophene rings is 1. The molecule has 0 saturated carbocycles. The van der Waals surface area contributed by atoms with Crippen LogP contribution < -0.4 is 10.6 Å². The monoisotopic (exact) mass is 489 g/mol. The van der Waals surface area contributed by atoms with Gasteiger partial charge in [-0.2, -0.15) is 5.26 Å². The van der Waals surface area contributed by atoms with Crippen LogP contribution in [0.4, 0.5) is 5.00 Å². The first-order valence-electron chi connectivity index (χ1n) is 9.67. The van der Waals surface area contributed by atoms with Crippen molar-refractivity contribution < 1.29 is 4.79 Å². The van der Waals surface area contributed by atoms with Gasteiger partial charge in [-0.3, -0.25) is 10.1 Å². The summed E-state index contributed by atoms with van der Waals surface area (Å²) in [5.41, 5.74) is 2.62. The molecule has 1 aromatic carbocycles. The number of benzene rings is 1. The van der Waals surface area contributed by atoms with Gasteiger partial charge in [-0.25, -0.2) is 0 Å². The largest absolute Gasteiger partial charge is 0.323 e. The number of nitrogens with zero attached hydrogens (tertiary/aromatic N) is 1. The number of nitrogens with one attached hydrogen (secondary N) is 2. The summed E-state index contributed by atoms with van der Waals surface area (Å²) in [6.07, 6.45) is 4.15. The summed E-state index contributed by atoms with van der Waals surface area (Å²) >= 11 is 10.3. The van der Waals surface area contributed by atoms with Gasteiger partial charge in [0.25, 0.3) is 5.91 Å². The van der Waals surface area contributed by atoms with E-state index in [0.29, 0.717) is 17.0 Å². The van der Waals surface area contributed by atoms with Gasteiger partial charge in [0.1, 0.15) is 11.1 Å². The number of anilines is 1. The second-order valence-electron chi connectivity index (χ2n) is 8.02. The van der Waals surface area contributed by atoms with Crippen molar-refractivity contribution in [3.05, 3.63) is 50.3 Å². The molecule has 0 bridgehead atoms. The Kier molecular flexibility index (Phi) is 6.77. The third-order valence-corrected chi connectivity index (χ3v) is 7.86. The zero-order valence-electron chi connectivity index (χ0n) is 16.8. The van der Waals surface area contributed by atoms with Gasteiger partial charge in [0.05, 0.1) is 5.56 Å². The highest BCUT2D eigenvalue weighted by Crippen LogP contribution is 2.45. The molecule has 2 aromatic rings. The number of amides is 1. The summed E-state index contributed by atoms with van der Waals surface area (Å²) in [7, 11) is 0. The molecule has 3 rings (SSSR count). The zero-order chi connectivity index (χ0) is 21.2. The van der Waals surface area contributed by atoms with Gasteiger partial charge < -0.3 is 5.32 Å². The van der Waals surface area contributed by atoms with Crippen LogP contribution >= 0.6 is 39.5 Å². The van der Waals surface area contributed by atoms with Crippen LogP contribution in [0.1, 0.15) is 60.0 Å². The third-order valence-electron chi connectivity index (χ3n) is 5.95. The van der Waals surface area contributed by atoms with Gasteiger partial charge in [0.2, 0.25) is 0 Å². The molecule has 2 N–H and O–H groups in total. The van der Waals surface area contributed by atoms with E-state index in [4.69, 9.17) is 12.2 Å². The molecule has 0 spiro atoms. The maximum atomic E-state index is 12.4. The molecule has 0 aliphatic heterocycles. The van der Waals surface area contributed by atoms with Crippen molar-refractivity contribution in [3.8, 4) is 6.07 Å². The van der Waals surface area contributed by atoms with Crippen LogP contribution in [0, 0.1) is 22.7 Å². The van der Waals surface area contributed by atoms with E-state index in [1.54, 1.807) is 35.6 Å². The summed E-state index contributed by atoms with van der Waals surface area (Å²) in [4.78, 5) is 13.6. The molecule has 1 aliphatic rings.